The Bertz CT molecular complexity index is 315. The summed E-state index contributed by atoms with van der Waals surface area (Å²) in [5.41, 5.74) is 4.63. The van der Waals surface area contributed by atoms with Gasteiger partial charge in [-0.3, -0.25) is 0 Å². The molecule has 0 radical (unpaired) electrons. The number of nitrogens with two attached hydrogens (primary N) is 1. The van der Waals surface area contributed by atoms with E-state index < -0.39 is 17.9 Å². The van der Waals surface area contributed by atoms with E-state index in [2.05, 4.69) is 4.74 Å². The van der Waals surface area contributed by atoms with Gasteiger partial charge in [-0.2, -0.15) is 0 Å². The third-order valence-electron chi connectivity index (χ3n) is 1.20. The summed E-state index contributed by atoms with van der Waals surface area (Å²) in [5, 5.41) is 0. The highest BCUT2D eigenvalue weighted by molar-refractivity contribution is 5.85. The van der Waals surface area contributed by atoms with Gasteiger partial charge in [0.25, 0.3) is 0 Å². The van der Waals surface area contributed by atoms with Crippen molar-refractivity contribution < 1.29 is 22.3 Å². The summed E-state index contributed by atoms with van der Waals surface area (Å²) >= 11 is 0. The SMILES string of the molecule is Cl.Nc1cc(OC(F)(F)F)ccc1F. The molecule has 1 rings (SSSR count). The van der Waals surface area contributed by atoms with Crippen molar-refractivity contribution in [2.24, 2.45) is 0 Å². The lowest BCUT2D eigenvalue weighted by molar-refractivity contribution is -0.274. The average Bonchev–Trinajstić information content (AvgIpc) is 1.94. The second-order valence-corrected chi connectivity index (χ2v) is 2.23. The van der Waals surface area contributed by atoms with E-state index in [4.69, 9.17) is 5.73 Å². The van der Waals surface area contributed by atoms with E-state index in [-0.39, 0.29) is 18.1 Å². The Labute approximate surface area is 83.1 Å². The molecule has 1 aromatic rings. The van der Waals surface area contributed by atoms with E-state index in [0.717, 1.165) is 18.2 Å². The predicted molar refractivity (Wildman–Crippen MR) is 44.7 cm³/mol. The first-order chi connectivity index (χ1) is 5.88. The van der Waals surface area contributed by atoms with E-state index in [1.54, 1.807) is 0 Å². The summed E-state index contributed by atoms with van der Waals surface area (Å²) < 4.78 is 50.8. The fourth-order valence-corrected chi connectivity index (χ4v) is 0.719. The van der Waals surface area contributed by atoms with Gasteiger partial charge in [-0.05, 0) is 12.1 Å². The fourth-order valence-electron chi connectivity index (χ4n) is 0.719. The van der Waals surface area contributed by atoms with E-state index in [1.165, 1.54) is 0 Å². The molecule has 0 amide bonds. The molecule has 0 bridgehead atoms. The van der Waals surface area contributed by atoms with Crippen molar-refractivity contribution in [1.82, 2.24) is 0 Å². The van der Waals surface area contributed by atoms with Crippen LogP contribution in [0.2, 0.25) is 0 Å². The first-order valence-electron chi connectivity index (χ1n) is 3.19. The number of nitrogen functional groups attached to an aromatic ring is 1. The van der Waals surface area contributed by atoms with Crippen molar-refractivity contribution in [3.8, 4) is 5.75 Å². The summed E-state index contributed by atoms with van der Waals surface area (Å²) in [7, 11) is 0. The third-order valence-corrected chi connectivity index (χ3v) is 1.20. The Morgan fingerprint density at radius 3 is 2.21 bits per heavy atom. The van der Waals surface area contributed by atoms with Gasteiger partial charge in [-0.1, -0.05) is 0 Å². The van der Waals surface area contributed by atoms with E-state index in [0.29, 0.717) is 0 Å². The number of benzene rings is 1. The Kier molecular flexibility index (Phi) is 4.00. The molecule has 0 fully saturated rings. The van der Waals surface area contributed by atoms with Crippen LogP contribution in [0.1, 0.15) is 0 Å². The van der Waals surface area contributed by atoms with E-state index in [1.807, 2.05) is 0 Å². The summed E-state index contributed by atoms with van der Waals surface area (Å²) in [5.74, 6) is -1.32. The number of anilines is 1. The zero-order valence-corrected chi connectivity index (χ0v) is 7.45. The monoisotopic (exact) mass is 231 g/mol. The first kappa shape index (κ1) is 12.8. The first-order valence-corrected chi connectivity index (χ1v) is 3.19. The van der Waals surface area contributed by atoms with Crippen LogP contribution in [0.15, 0.2) is 18.2 Å². The molecule has 0 aromatic heterocycles. The van der Waals surface area contributed by atoms with Crippen LogP contribution in [0.5, 0.6) is 5.75 Å². The molecule has 0 spiro atoms. The van der Waals surface area contributed by atoms with Gasteiger partial charge in [0.15, 0.2) is 0 Å². The molecule has 0 aliphatic heterocycles. The van der Waals surface area contributed by atoms with Crippen molar-refractivity contribution >= 4 is 18.1 Å². The molecule has 0 unspecified atom stereocenters. The zero-order valence-electron chi connectivity index (χ0n) is 6.64. The highest BCUT2D eigenvalue weighted by atomic mass is 35.5. The van der Waals surface area contributed by atoms with Crippen LogP contribution < -0.4 is 10.5 Å². The average molecular weight is 232 g/mol. The number of hydrogen-bond donors (Lipinski definition) is 1. The molecule has 2 N–H and O–H groups in total. The molecule has 7 heteroatoms. The Balaban J connectivity index is 0.00000169. The second kappa shape index (κ2) is 4.36. The fraction of sp³-hybridized carbons (Fsp3) is 0.143. The normalized spacial score (nSPS) is 10.6. The van der Waals surface area contributed by atoms with Crippen LogP contribution >= 0.6 is 12.4 Å². The van der Waals surface area contributed by atoms with Crippen molar-refractivity contribution in [3.63, 3.8) is 0 Å². The molecule has 0 saturated heterocycles. The van der Waals surface area contributed by atoms with Gasteiger partial charge in [-0.25, -0.2) is 4.39 Å². The minimum absolute atomic E-state index is 0. The quantitative estimate of drug-likeness (QED) is 0.596. The summed E-state index contributed by atoms with van der Waals surface area (Å²) in [6.07, 6.45) is -4.79. The molecule has 0 atom stereocenters. The standard InChI is InChI=1S/C7H5F4NO.ClH/c8-5-2-1-4(3-6(5)12)13-7(9,10)11;/h1-3H,12H2;1H. The number of ether oxygens (including phenoxy) is 1. The number of hydrogen-bond acceptors (Lipinski definition) is 2. The number of rotatable bonds is 1. The molecule has 2 nitrogen and oxygen atoms in total. The topological polar surface area (TPSA) is 35.2 Å². The third kappa shape index (κ3) is 3.69. The lowest BCUT2D eigenvalue weighted by Gasteiger charge is -2.08. The van der Waals surface area contributed by atoms with E-state index >= 15 is 0 Å². The maximum atomic E-state index is 12.5. The van der Waals surface area contributed by atoms with Crippen LogP contribution in [0.3, 0.4) is 0 Å². The van der Waals surface area contributed by atoms with Gasteiger partial charge in [0.05, 0.1) is 5.69 Å². The molecule has 14 heavy (non-hydrogen) atoms. The Morgan fingerprint density at radius 1 is 1.21 bits per heavy atom. The van der Waals surface area contributed by atoms with Crippen molar-refractivity contribution in [2.45, 2.75) is 6.36 Å². The highest BCUT2D eigenvalue weighted by Gasteiger charge is 2.31. The van der Waals surface area contributed by atoms with Gasteiger partial charge < -0.3 is 10.5 Å². The van der Waals surface area contributed by atoms with Crippen LogP contribution in [-0.2, 0) is 0 Å². The largest absolute Gasteiger partial charge is 0.573 e. The molecule has 0 aliphatic rings. The predicted octanol–water partition coefficient (Wildman–Crippen LogP) is 2.73. The minimum Gasteiger partial charge on any atom is -0.406 e. The molecule has 0 saturated carbocycles. The molecule has 1 aromatic carbocycles. The highest BCUT2D eigenvalue weighted by Crippen LogP contribution is 2.25. The van der Waals surface area contributed by atoms with Crippen molar-refractivity contribution in [2.75, 3.05) is 5.73 Å². The molecular formula is C7H6ClF4NO. The molecular weight excluding hydrogens is 226 g/mol. The van der Waals surface area contributed by atoms with Crippen LogP contribution in [-0.4, -0.2) is 6.36 Å². The van der Waals surface area contributed by atoms with Gasteiger partial charge in [0, 0.05) is 6.07 Å². The van der Waals surface area contributed by atoms with Gasteiger partial charge in [0.1, 0.15) is 11.6 Å². The van der Waals surface area contributed by atoms with Gasteiger partial charge in [0.2, 0.25) is 0 Å². The Hall–Kier alpha value is -1.17. The minimum atomic E-state index is -4.79. The molecule has 0 aliphatic carbocycles. The second-order valence-electron chi connectivity index (χ2n) is 2.23. The maximum absolute atomic E-state index is 12.5. The summed E-state index contributed by atoms with van der Waals surface area (Å²) in [6.45, 7) is 0. The zero-order chi connectivity index (χ0) is 10.1. The lowest BCUT2D eigenvalue weighted by Crippen LogP contribution is -2.17. The summed E-state index contributed by atoms with van der Waals surface area (Å²) in [6, 6.07) is 2.42. The number of alkyl halides is 3. The van der Waals surface area contributed by atoms with E-state index in [9.17, 15) is 17.6 Å². The van der Waals surface area contributed by atoms with Crippen molar-refractivity contribution in [3.05, 3.63) is 24.0 Å². The Morgan fingerprint density at radius 2 is 1.79 bits per heavy atom. The van der Waals surface area contributed by atoms with Crippen LogP contribution in [0.25, 0.3) is 0 Å². The molecule has 0 heterocycles. The van der Waals surface area contributed by atoms with Crippen LogP contribution in [0, 0.1) is 5.82 Å². The van der Waals surface area contributed by atoms with Gasteiger partial charge >= 0.3 is 6.36 Å². The maximum Gasteiger partial charge on any atom is 0.573 e. The van der Waals surface area contributed by atoms with Crippen molar-refractivity contribution in [1.29, 1.82) is 0 Å². The van der Waals surface area contributed by atoms with Gasteiger partial charge in [-0.15, -0.1) is 25.6 Å². The van der Waals surface area contributed by atoms with Crippen LogP contribution in [0.4, 0.5) is 23.2 Å². The lowest BCUT2D eigenvalue weighted by atomic mass is 10.3. The number of halogens is 5. The summed E-state index contributed by atoms with van der Waals surface area (Å²) in [4.78, 5) is 0. The molecule has 80 valence electrons. The smallest absolute Gasteiger partial charge is 0.406 e.